The lowest BCUT2D eigenvalue weighted by Gasteiger charge is -2.25. The number of hydrogen-bond donors (Lipinski definition) is 2. The van der Waals surface area contributed by atoms with Crippen molar-refractivity contribution in [2.24, 2.45) is 0 Å². The maximum absolute atomic E-state index is 13.2. The third-order valence-corrected chi connectivity index (χ3v) is 7.24. The molecule has 0 saturated heterocycles. The van der Waals surface area contributed by atoms with E-state index in [4.69, 9.17) is 10.5 Å². The lowest BCUT2D eigenvalue weighted by atomic mass is 10.1. The van der Waals surface area contributed by atoms with Crippen LogP contribution in [0.5, 0.6) is 5.75 Å². The molecule has 168 valence electrons. The molecule has 0 radical (unpaired) electrons. The number of aryl methyl sites for hydroxylation is 2. The first-order chi connectivity index (χ1) is 14.4. The number of nitrogens with two attached hydrogens (primary N) is 1. The summed E-state index contributed by atoms with van der Waals surface area (Å²) in [5, 5.41) is 2.58. The van der Waals surface area contributed by atoms with Gasteiger partial charge in [0.1, 0.15) is 11.8 Å². The molecule has 2 rings (SSSR count). The molecule has 0 saturated carbocycles. The molecule has 0 aliphatic rings. The Morgan fingerprint density at radius 3 is 2.23 bits per heavy atom. The number of para-hydroxylation sites is 1. The zero-order chi connectivity index (χ0) is 23.5. The average molecular weight is 450 g/mol. The molecule has 2 aromatic rings. The summed E-state index contributed by atoms with van der Waals surface area (Å²) in [5.74, 6) is -0.709. The topological polar surface area (TPSA) is 128 Å². The minimum absolute atomic E-state index is 0.0299. The van der Waals surface area contributed by atoms with Gasteiger partial charge in [-0.15, -0.1) is 0 Å². The standard InChI is InChI=1S/C21H27N3O6S/c1-12-10-15(29-5)11-13(2)19(12)31(27,28)24(4)14(3)20(25)23-17-9-7-8-16(18(17)22)21(26)30-6/h7-11,14H,22H2,1-6H3,(H,23,25). The van der Waals surface area contributed by atoms with Gasteiger partial charge in [-0.3, -0.25) is 4.79 Å². The zero-order valence-corrected chi connectivity index (χ0v) is 19.2. The maximum atomic E-state index is 13.2. The quantitative estimate of drug-likeness (QED) is 0.490. The van der Waals surface area contributed by atoms with E-state index in [1.807, 2.05) is 0 Å². The van der Waals surface area contributed by atoms with Crippen LogP contribution in [0.25, 0.3) is 0 Å². The van der Waals surface area contributed by atoms with Crippen LogP contribution in [0.15, 0.2) is 35.2 Å². The van der Waals surface area contributed by atoms with Crippen LogP contribution in [-0.4, -0.2) is 51.9 Å². The second kappa shape index (κ2) is 9.36. The van der Waals surface area contributed by atoms with Gasteiger partial charge in [0.05, 0.1) is 36.1 Å². The Balaban J connectivity index is 2.32. The normalized spacial score (nSPS) is 12.4. The molecule has 3 N–H and O–H groups in total. The van der Waals surface area contributed by atoms with Crippen LogP contribution in [0.3, 0.4) is 0 Å². The minimum Gasteiger partial charge on any atom is -0.497 e. The van der Waals surface area contributed by atoms with Crippen LogP contribution in [0, 0.1) is 13.8 Å². The molecule has 0 fully saturated rings. The smallest absolute Gasteiger partial charge is 0.340 e. The van der Waals surface area contributed by atoms with Crippen LogP contribution in [0.4, 0.5) is 11.4 Å². The summed E-state index contributed by atoms with van der Waals surface area (Å²) >= 11 is 0. The number of ether oxygens (including phenoxy) is 2. The molecule has 0 aliphatic heterocycles. The van der Waals surface area contributed by atoms with Gasteiger partial charge in [-0.25, -0.2) is 13.2 Å². The van der Waals surface area contributed by atoms with Gasteiger partial charge in [-0.1, -0.05) is 6.07 Å². The fourth-order valence-electron chi connectivity index (χ4n) is 3.15. The highest BCUT2D eigenvalue weighted by molar-refractivity contribution is 7.89. The number of sulfonamides is 1. The second-order valence-electron chi connectivity index (χ2n) is 7.04. The van der Waals surface area contributed by atoms with Crippen molar-refractivity contribution in [2.45, 2.75) is 31.7 Å². The first-order valence-corrected chi connectivity index (χ1v) is 10.8. The van der Waals surface area contributed by atoms with Gasteiger partial charge in [-0.05, 0) is 56.2 Å². The third-order valence-electron chi connectivity index (χ3n) is 5.00. The number of nitrogens with zero attached hydrogens (tertiary/aromatic N) is 1. The molecule has 1 atom stereocenters. The first-order valence-electron chi connectivity index (χ1n) is 9.36. The molecule has 0 bridgehead atoms. The van der Waals surface area contributed by atoms with Gasteiger partial charge in [-0.2, -0.15) is 4.31 Å². The van der Waals surface area contributed by atoms with E-state index in [0.29, 0.717) is 16.9 Å². The molecule has 2 aromatic carbocycles. The van der Waals surface area contributed by atoms with Crippen molar-refractivity contribution < 1.29 is 27.5 Å². The van der Waals surface area contributed by atoms with E-state index in [1.54, 1.807) is 26.0 Å². The average Bonchev–Trinajstić information content (AvgIpc) is 2.72. The highest BCUT2D eigenvalue weighted by Crippen LogP contribution is 2.29. The minimum atomic E-state index is -3.99. The first kappa shape index (κ1) is 24.2. The lowest BCUT2D eigenvalue weighted by Crippen LogP contribution is -2.43. The van der Waals surface area contributed by atoms with Crippen LogP contribution < -0.4 is 15.8 Å². The summed E-state index contributed by atoms with van der Waals surface area (Å²) in [6.45, 7) is 4.79. The van der Waals surface area contributed by atoms with E-state index in [1.165, 1.54) is 46.4 Å². The number of anilines is 2. The zero-order valence-electron chi connectivity index (χ0n) is 18.3. The van der Waals surface area contributed by atoms with Gasteiger partial charge in [0, 0.05) is 7.05 Å². The van der Waals surface area contributed by atoms with Crippen molar-refractivity contribution in [3.63, 3.8) is 0 Å². The second-order valence-corrected chi connectivity index (χ2v) is 8.97. The number of esters is 1. The molecule has 9 nitrogen and oxygen atoms in total. The Hall–Kier alpha value is -3.11. The van der Waals surface area contributed by atoms with E-state index >= 15 is 0 Å². The van der Waals surface area contributed by atoms with Crippen molar-refractivity contribution in [2.75, 3.05) is 32.3 Å². The third kappa shape index (κ3) is 4.80. The Morgan fingerprint density at radius 2 is 1.71 bits per heavy atom. The molecular formula is C21H27N3O6S. The number of amides is 1. The maximum Gasteiger partial charge on any atom is 0.340 e. The number of likely N-dealkylation sites (N-methyl/N-ethyl adjacent to an activating group) is 1. The number of rotatable bonds is 7. The highest BCUT2D eigenvalue weighted by atomic mass is 32.2. The number of benzene rings is 2. The van der Waals surface area contributed by atoms with E-state index in [-0.39, 0.29) is 21.8 Å². The molecule has 0 heterocycles. The Kier molecular flexibility index (Phi) is 7.29. The molecule has 0 aromatic heterocycles. The summed E-state index contributed by atoms with van der Waals surface area (Å²) in [7, 11) is 0.0664. The molecule has 0 aliphatic carbocycles. The van der Waals surface area contributed by atoms with E-state index < -0.39 is 27.9 Å². The Labute approximate surface area is 182 Å². The fourth-order valence-corrected chi connectivity index (χ4v) is 4.88. The van der Waals surface area contributed by atoms with Gasteiger partial charge >= 0.3 is 5.97 Å². The van der Waals surface area contributed by atoms with Crippen LogP contribution in [-0.2, 0) is 19.6 Å². The van der Waals surface area contributed by atoms with Crippen molar-refractivity contribution >= 4 is 33.3 Å². The van der Waals surface area contributed by atoms with Crippen molar-refractivity contribution in [1.82, 2.24) is 4.31 Å². The number of carbonyl (C=O) groups excluding carboxylic acids is 2. The van der Waals surface area contributed by atoms with Gasteiger partial charge in [0.25, 0.3) is 0 Å². The van der Waals surface area contributed by atoms with Crippen molar-refractivity contribution in [3.05, 3.63) is 47.0 Å². The number of nitrogen functional groups attached to an aromatic ring is 1. The number of methoxy groups -OCH3 is 2. The van der Waals surface area contributed by atoms with Crippen LogP contribution in [0.1, 0.15) is 28.4 Å². The van der Waals surface area contributed by atoms with Crippen LogP contribution in [0.2, 0.25) is 0 Å². The SMILES string of the molecule is COC(=O)c1cccc(NC(=O)C(C)N(C)S(=O)(=O)c2c(C)cc(OC)cc2C)c1N. The van der Waals surface area contributed by atoms with Crippen LogP contribution >= 0.6 is 0 Å². The molecule has 10 heteroatoms. The number of hydrogen-bond acceptors (Lipinski definition) is 7. The van der Waals surface area contributed by atoms with Crippen molar-refractivity contribution in [1.29, 1.82) is 0 Å². The van der Waals surface area contributed by atoms with Gasteiger partial charge < -0.3 is 20.5 Å². The summed E-state index contributed by atoms with van der Waals surface area (Å²) < 4.78 is 37.3. The number of nitrogens with one attached hydrogen (secondary N) is 1. The highest BCUT2D eigenvalue weighted by Gasteiger charge is 2.32. The number of carbonyl (C=O) groups is 2. The predicted octanol–water partition coefficient (Wildman–Crippen LogP) is 2.33. The fraction of sp³-hybridized carbons (Fsp3) is 0.333. The summed E-state index contributed by atoms with van der Waals surface area (Å²) in [5.41, 5.74) is 7.29. The van der Waals surface area contributed by atoms with Crippen molar-refractivity contribution in [3.8, 4) is 5.75 Å². The lowest BCUT2D eigenvalue weighted by molar-refractivity contribution is -0.119. The molecular weight excluding hydrogens is 422 g/mol. The van der Waals surface area contributed by atoms with E-state index in [0.717, 1.165) is 4.31 Å². The van der Waals surface area contributed by atoms with E-state index in [9.17, 15) is 18.0 Å². The van der Waals surface area contributed by atoms with Gasteiger partial charge in [0.15, 0.2) is 0 Å². The summed E-state index contributed by atoms with van der Waals surface area (Å²) in [4.78, 5) is 24.7. The molecule has 1 unspecified atom stereocenters. The Morgan fingerprint density at radius 1 is 1.13 bits per heavy atom. The van der Waals surface area contributed by atoms with E-state index in [2.05, 4.69) is 10.1 Å². The summed E-state index contributed by atoms with van der Waals surface area (Å²) in [6, 6.07) is 6.69. The monoisotopic (exact) mass is 449 g/mol. The largest absolute Gasteiger partial charge is 0.497 e. The predicted molar refractivity (Wildman–Crippen MR) is 118 cm³/mol. The molecule has 0 spiro atoms. The molecule has 31 heavy (non-hydrogen) atoms. The van der Waals surface area contributed by atoms with Gasteiger partial charge in [0.2, 0.25) is 15.9 Å². The summed E-state index contributed by atoms with van der Waals surface area (Å²) in [6.07, 6.45) is 0. The Bertz CT molecular complexity index is 1090. The molecule has 1 amide bonds.